The summed E-state index contributed by atoms with van der Waals surface area (Å²) in [6, 6.07) is 3.26. The van der Waals surface area contributed by atoms with Crippen LogP contribution in [0, 0.1) is 18.8 Å². The minimum atomic E-state index is -3.49. The third-order valence-corrected chi connectivity index (χ3v) is 6.53. The second-order valence-corrected chi connectivity index (χ2v) is 8.71. The molecule has 0 aromatic heterocycles. The van der Waals surface area contributed by atoms with E-state index in [0.717, 1.165) is 23.2 Å². The maximum absolute atomic E-state index is 12.4. The van der Waals surface area contributed by atoms with E-state index < -0.39 is 10.0 Å². The molecule has 0 unspecified atom stereocenters. The Labute approximate surface area is 135 Å². The minimum Gasteiger partial charge on any atom is -0.398 e. The van der Waals surface area contributed by atoms with Gasteiger partial charge in [-0.05, 0) is 65.2 Å². The first kappa shape index (κ1) is 16.8. The van der Waals surface area contributed by atoms with Crippen molar-refractivity contribution in [2.24, 2.45) is 11.8 Å². The van der Waals surface area contributed by atoms with E-state index in [2.05, 4.69) is 27.6 Å². The number of nitrogens with one attached hydrogen (secondary N) is 1. The molecule has 1 aliphatic carbocycles. The van der Waals surface area contributed by atoms with Crippen molar-refractivity contribution < 1.29 is 8.42 Å². The molecule has 1 fully saturated rings. The average Bonchev–Trinajstić information content (AvgIpc) is 2.42. The highest BCUT2D eigenvalue weighted by Gasteiger charge is 2.22. The lowest BCUT2D eigenvalue weighted by Gasteiger charge is -2.26. The van der Waals surface area contributed by atoms with Gasteiger partial charge in [0.1, 0.15) is 0 Å². The molecule has 0 atom stereocenters. The Bertz CT molecular complexity index is 608. The molecule has 0 saturated heterocycles. The van der Waals surface area contributed by atoms with E-state index in [-0.39, 0.29) is 4.90 Å². The Morgan fingerprint density at radius 2 is 1.90 bits per heavy atom. The number of aryl methyl sites for hydroxylation is 1. The number of hydrogen-bond donors (Lipinski definition) is 2. The van der Waals surface area contributed by atoms with Crippen LogP contribution in [0.2, 0.25) is 0 Å². The quantitative estimate of drug-likeness (QED) is 0.792. The third-order valence-electron chi connectivity index (χ3n) is 4.28. The van der Waals surface area contributed by atoms with Crippen LogP contribution in [0.25, 0.3) is 0 Å². The predicted octanol–water partition coefficient (Wildman–Crippen LogP) is 3.44. The van der Waals surface area contributed by atoms with Gasteiger partial charge in [-0.25, -0.2) is 13.1 Å². The van der Waals surface area contributed by atoms with Gasteiger partial charge < -0.3 is 5.73 Å². The van der Waals surface area contributed by atoms with E-state index in [1.54, 1.807) is 13.0 Å². The van der Waals surface area contributed by atoms with Crippen molar-refractivity contribution in [2.45, 2.75) is 44.4 Å². The first-order chi connectivity index (χ1) is 9.79. The fourth-order valence-corrected chi connectivity index (χ4v) is 4.63. The standard InChI is InChI=1S/C15H23BrN2O2S/c1-10-3-5-12(6-4-10)9-18-21(19,20)15-8-14(17)13(16)7-11(15)2/h7-8,10,12,18H,3-6,9,17H2,1-2H3. The monoisotopic (exact) mass is 374 g/mol. The van der Waals surface area contributed by atoms with Crippen LogP contribution in [-0.2, 0) is 10.0 Å². The highest BCUT2D eigenvalue weighted by atomic mass is 79.9. The summed E-state index contributed by atoms with van der Waals surface area (Å²) < 4.78 is 28.4. The molecule has 0 bridgehead atoms. The second-order valence-electron chi connectivity index (χ2n) is 6.12. The summed E-state index contributed by atoms with van der Waals surface area (Å²) in [5.41, 5.74) is 6.93. The maximum atomic E-state index is 12.4. The van der Waals surface area contributed by atoms with Gasteiger partial charge in [0, 0.05) is 16.7 Å². The zero-order valence-electron chi connectivity index (χ0n) is 12.5. The molecule has 1 aromatic rings. The lowest BCUT2D eigenvalue weighted by atomic mass is 9.83. The van der Waals surface area contributed by atoms with Gasteiger partial charge in [0.25, 0.3) is 0 Å². The van der Waals surface area contributed by atoms with E-state index >= 15 is 0 Å². The third kappa shape index (κ3) is 4.20. The zero-order chi connectivity index (χ0) is 15.6. The van der Waals surface area contributed by atoms with E-state index in [9.17, 15) is 8.42 Å². The predicted molar refractivity (Wildman–Crippen MR) is 89.6 cm³/mol. The molecule has 118 valence electrons. The van der Waals surface area contributed by atoms with Crippen LogP contribution in [0.4, 0.5) is 5.69 Å². The molecule has 1 aromatic carbocycles. The smallest absolute Gasteiger partial charge is 0.240 e. The molecular formula is C15H23BrN2O2S. The number of nitrogen functional groups attached to an aromatic ring is 1. The molecule has 0 radical (unpaired) electrons. The van der Waals surface area contributed by atoms with Gasteiger partial charge in [0.2, 0.25) is 10.0 Å². The van der Waals surface area contributed by atoms with Gasteiger partial charge in [0.05, 0.1) is 4.90 Å². The summed E-state index contributed by atoms with van der Waals surface area (Å²) in [5, 5.41) is 0. The first-order valence-electron chi connectivity index (χ1n) is 7.35. The molecular weight excluding hydrogens is 352 g/mol. The van der Waals surface area contributed by atoms with Crippen molar-refractivity contribution in [1.29, 1.82) is 0 Å². The molecule has 21 heavy (non-hydrogen) atoms. The summed E-state index contributed by atoms with van der Waals surface area (Å²) in [7, 11) is -3.49. The van der Waals surface area contributed by atoms with Crippen molar-refractivity contribution in [3.05, 3.63) is 22.2 Å². The van der Waals surface area contributed by atoms with Crippen molar-refractivity contribution in [2.75, 3.05) is 12.3 Å². The van der Waals surface area contributed by atoms with Crippen molar-refractivity contribution >= 4 is 31.6 Å². The Morgan fingerprint density at radius 3 is 2.52 bits per heavy atom. The number of nitrogens with two attached hydrogens (primary N) is 1. The maximum Gasteiger partial charge on any atom is 0.240 e. The van der Waals surface area contributed by atoms with Crippen molar-refractivity contribution in [3.8, 4) is 0 Å². The SMILES string of the molecule is Cc1cc(Br)c(N)cc1S(=O)(=O)NCC1CCC(C)CC1. The van der Waals surface area contributed by atoms with E-state index in [1.807, 2.05) is 0 Å². The van der Waals surface area contributed by atoms with Gasteiger partial charge in [-0.15, -0.1) is 0 Å². The van der Waals surface area contributed by atoms with Crippen molar-refractivity contribution in [1.82, 2.24) is 4.72 Å². The Kier molecular flexibility index (Phi) is 5.33. The van der Waals surface area contributed by atoms with Crippen LogP contribution in [0.15, 0.2) is 21.5 Å². The van der Waals surface area contributed by atoms with E-state index in [4.69, 9.17) is 5.73 Å². The fourth-order valence-electron chi connectivity index (χ4n) is 2.80. The fraction of sp³-hybridized carbons (Fsp3) is 0.600. The number of rotatable bonds is 4. The molecule has 6 heteroatoms. The molecule has 0 amide bonds. The van der Waals surface area contributed by atoms with Gasteiger partial charge >= 0.3 is 0 Å². The van der Waals surface area contributed by atoms with Crippen molar-refractivity contribution in [3.63, 3.8) is 0 Å². The number of benzene rings is 1. The highest BCUT2D eigenvalue weighted by Crippen LogP contribution is 2.29. The van der Waals surface area contributed by atoms with Crippen LogP contribution in [0.1, 0.15) is 38.2 Å². The van der Waals surface area contributed by atoms with Gasteiger partial charge in [-0.1, -0.05) is 19.8 Å². The zero-order valence-corrected chi connectivity index (χ0v) is 14.9. The molecule has 4 nitrogen and oxygen atoms in total. The van der Waals surface area contributed by atoms with Crippen LogP contribution < -0.4 is 10.5 Å². The molecule has 0 heterocycles. The van der Waals surface area contributed by atoms with Gasteiger partial charge in [-0.2, -0.15) is 0 Å². The van der Waals surface area contributed by atoms with Gasteiger partial charge in [0.15, 0.2) is 0 Å². The molecule has 1 saturated carbocycles. The normalized spacial score (nSPS) is 23.2. The number of hydrogen-bond acceptors (Lipinski definition) is 3. The Hall–Kier alpha value is -0.590. The van der Waals surface area contributed by atoms with E-state index in [0.29, 0.717) is 23.7 Å². The Balaban J connectivity index is 2.07. The minimum absolute atomic E-state index is 0.271. The molecule has 2 rings (SSSR count). The lowest BCUT2D eigenvalue weighted by Crippen LogP contribution is -2.31. The largest absolute Gasteiger partial charge is 0.398 e. The summed E-state index contributed by atoms with van der Waals surface area (Å²) in [4.78, 5) is 0.271. The molecule has 0 spiro atoms. The van der Waals surface area contributed by atoms with Crippen LogP contribution in [-0.4, -0.2) is 15.0 Å². The number of anilines is 1. The Morgan fingerprint density at radius 1 is 1.29 bits per heavy atom. The topological polar surface area (TPSA) is 72.2 Å². The van der Waals surface area contributed by atoms with E-state index in [1.165, 1.54) is 18.9 Å². The summed E-state index contributed by atoms with van der Waals surface area (Å²) in [6.07, 6.45) is 4.59. The summed E-state index contributed by atoms with van der Waals surface area (Å²) >= 11 is 3.31. The number of halogens is 1. The second kappa shape index (κ2) is 6.67. The van der Waals surface area contributed by atoms with Crippen LogP contribution >= 0.6 is 15.9 Å². The van der Waals surface area contributed by atoms with Crippen LogP contribution in [0.3, 0.4) is 0 Å². The molecule has 0 aliphatic heterocycles. The first-order valence-corrected chi connectivity index (χ1v) is 9.62. The highest BCUT2D eigenvalue weighted by molar-refractivity contribution is 9.10. The summed E-state index contributed by atoms with van der Waals surface area (Å²) in [6.45, 7) is 4.56. The van der Waals surface area contributed by atoms with Gasteiger partial charge in [-0.3, -0.25) is 0 Å². The lowest BCUT2D eigenvalue weighted by molar-refractivity contribution is 0.290. The van der Waals surface area contributed by atoms with Crippen LogP contribution in [0.5, 0.6) is 0 Å². The summed E-state index contributed by atoms with van der Waals surface area (Å²) in [5.74, 6) is 1.22. The average molecular weight is 375 g/mol. The molecule has 3 N–H and O–H groups in total. The number of sulfonamides is 1. The molecule has 1 aliphatic rings.